The number of carbonyl (C=O) groups is 1. The Bertz CT molecular complexity index is 1570. The highest BCUT2D eigenvalue weighted by molar-refractivity contribution is 6.04. The molecule has 172 valence electrons. The number of para-hydroxylation sites is 1. The number of hydrogen-bond donors (Lipinski definition) is 1. The molecule has 8 heteroatoms. The summed E-state index contributed by atoms with van der Waals surface area (Å²) in [6, 6.07) is 24.9. The van der Waals surface area contributed by atoms with Gasteiger partial charge in [-0.15, -0.1) is 0 Å². The zero-order chi connectivity index (χ0) is 24.2. The second-order valence-electron chi connectivity index (χ2n) is 7.69. The molecule has 1 amide bonds. The third-order valence-corrected chi connectivity index (χ3v) is 5.31. The molecule has 0 aliphatic rings. The Balaban J connectivity index is 1.40. The molecule has 0 aliphatic carbocycles. The molecule has 2 aromatic heterocycles. The Morgan fingerprint density at radius 3 is 2.40 bits per heavy atom. The number of nitrogens with zero attached hydrogens (tertiary/aromatic N) is 3. The van der Waals surface area contributed by atoms with Crippen molar-refractivity contribution in [3.05, 3.63) is 125 Å². The number of nitrogens with one attached hydrogen (secondary N) is 1. The lowest BCUT2D eigenvalue weighted by molar-refractivity contribution is 0.0946. The Labute approximate surface area is 199 Å². The van der Waals surface area contributed by atoms with Crippen LogP contribution in [0.4, 0.5) is 4.39 Å². The second-order valence-corrected chi connectivity index (χ2v) is 7.69. The maximum absolute atomic E-state index is 13.2. The molecule has 7 nitrogen and oxygen atoms in total. The fourth-order valence-corrected chi connectivity index (χ4v) is 3.61. The zero-order valence-electron chi connectivity index (χ0n) is 18.4. The van der Waals surface area contributed by atoms with Gasteiger partial charge in [-0.1, -0.05) is 36.4 Å². The van der Waals surface area contributed by atoms with Crippen LogP contribution in [0, 0.1) is 5.82 Å². The van der Waals surface area contributed by atoms with Crippen LogP contribution < -0.4 is 15.6 Å². The van der Waals surface area contributed by atoms with E-state index < -0.39 is 5.91 Å². The number of carbonyl (C=O) groups excluding carboxylic acids is 1. The van der Waals surface area contributed by atoms with E-state index >= 15 is 0 Å². The van der Waals surface area contributed by atoms with Crippen molar-refractivity contribution < 1.29 is 13.9 Å². The maximum Gasteiger partial charge on any atom is 0.279 e. The van der Waals surface area contributed by atoms with Crippen molar-refractivity contribution in [1.29, 1.82) is 0 Å². The van der Waals surface area contributed by atoms with Crippen molar-refractivity contribution >= 4 is 16.7 Å². The summed E-state index contributed by atoms with van der Waals surface area (Å²) in [5.41, 5.74) is 1.14. The van der Waals surface area contributed by atoms with E-state index in [0.29, 0.717) is 28.1 Å². The first-order valence-corrected chi connectivity index (χ1v) is 10.8. The number of amides is 1. The highest BCUT2D eigenvalue weighted by Crippen LogP contribution is 2.20. The van der Waals surface area contributed by atoms with Crippen LogP contribution in [0.5, 0.6) is 11.6 Å². The number of pyridine rings is 1. The third-order valence-electron chi connectivity index (χ3n) is 5.31. The summed E-state index contributed by atoms with van der Waals surface area (Å²) < 4.78 is 20.0. The molecular formula is C27H19FN4O3. The molecule has 0 saturated heterocycles. The second kappa shape index (κ2) is 9.56. The minimum atomic E-state index is -0.427. The van der Waals surface area contributed by atoms with E-state index in [1.165, 1.54) is 28.9 Å². The number of aromatic nitrogens is 3. The highest BCUT2D eigenvalue weighted by Gasteiger charge is 2.17. The lowest BCUT2D eigenvalue weighted by atomic mass is 10.1. The van der Waals surface area contributed by atoms with E-state index in [0.717, 1.165) is 5.56 Å². The predicted octanol–water partition coefficient (Wildman–Crippen LogP) is 4.64. The SMILES string of the molecule is O=C(NCc1ccnc(Oc2ccc(F)cc2)c1)c1nn(-c2ccccc2)c(=O)c2ccccc12. The van der Waals surface area contributed by atoms with Gasteiger partial charge in [-0.25, -0.2) is 9.37 Å². The van der Waals surface area contributed by atoms with E-state index in [2.05, 4.69) is 15.4 Å². The first-order chi connectivity index (χ1) is 17.1. The third kappa shape index (κ3) is 4.77. The van der Waals surface area contributed by atoms with Crippen LogP contribution in [-0.4, -0.2) is 20.7 Å². The van der Waals surface area contributed by atoms with Gasteiger partial charge in [-0.2, -0.15) is 9.78 Å². The molecular weight excluding hydrogens is 447 g/mol. The van der Waals surface area contributed by atoms with E-state index in [4.69, 9.17) is 4.74 Å². The molecule has 0 radical (unpaired) electrons. The standard InChI is InChI=1S/C27H19FN4O3/c28-19-10-12-21(13-11-19)35-24-16-18(14-15-29-24)17-30-26(33)25-22-8-4-5-9-23(22)27(34)32(31-25)20-6-2-1-3-7-20/h1-16H,17H2,(H,30,33). The summed E-state index contributed by atoms with van der Waals surface area (Å²) in [6.07, 6.45) is 1.56. The number of ether oxygens (including phenoxy) is 1. The number of fused-ring (bicyclic) bond motifs is 1. The molecule has 35 heavy (non-hydrogen) atoms. The van der Waals surface area contributed by atoms with Gasteiger partial charge in [-0.05, 0) is 54.1 Å². The van der Waals surface area contributed by atoms with Crippen LogP contribution in [-0.2, 0) is 6.54 Å². The molecule has 0 saturated carbocycles. The van der Waals surface area contributed by atoms with Crippen molar-refractivity contribution in [1.82, 2.24) is 20.1 Å². The highest BCUT2D eigenvalue weighted by atomic mass is 19.1. The Hall–Kier alpha value is -4.85. The van der Waals surface area contributed by atoms with Crippen LogP contribution in [0.15, 0.2) is 102 Å². The molecule has 1 N–H and O–H groups in total. The monoisotopic (exact) mass is 466 g/mol. The molecule has 3 aromatic carbocycles. The molecule has 5 rings (SSSR count). The van der Waals surface area contributed by atoms with E-state index in [1.54, 1.807) is 66.9 Å². The summed E-state index contributed by atoms with van der Waals surface area (Å²) in [4.78, 5) is 30.3. The molecule has 5 aromatic rings. The van der Waals surface area contributed by atoms with Crippen molar-refractivity contribution in [2.45, 2.75) is 6.54 Å². The summed E-state index contributed by atoms with van der Waals surface area (Å²) >= 11 is 0. The Morgan fingerprint density at radius 2 is 1.63 bits per heavy atom. The first-order valence-electron chi connectivity index (χ1n) is 10.8. The largest absolute Gasteiger partial charge is 0.439 e. The Morgan fingerprint density at radius 1 is 0.914 bits per heavy atom. The van der Waals surface area contributed by atoms with Crippen molar-refractivity contribution in [2.24, 2.45) is 0 Å². The van der Waals surface area contributed by atoms with E-state index in [9.17, 15) is 14.0 Å². The molecule has 0 fully saturated rings. The molecule has 0 bridgehead atoms. The minimum absolute atomic E-state index is 0.140. The van der Waals surface area contributed by atoms with E-state index in [-0.39, 0.29) is 23.6 Å². The van der Waals surface area contributed by atoms with Crippen LogP contribution in [0.3, 0.4) is 0 Å². The van der Waals surface area contributed by atoms with Gasteiger partial charge in [0.2, 0.25) is 5.88 Å². The van der Waals surface area contributed by atoms with Gasteiger partial charge in [-0.3, -0.25) is 9.59 Å². The number of hydrogen-bond acceptors (Lipinski definition) is 5. The molecule has 0 atom stereocenters. The summed E-state index contributed by atoms with van der Waals surface area (Å²) in [5.74, 6) is -0.0336. The first kappa shape index (κ1) is 22.0. The Kier molecular flexibility index (Phi) is 6.00. The fourth-order valence-electron chi connectivity index (χ4n) is 3.61. The average Bonchev–Trinajstić information content (AvgIpc) is 2.90. The molecule has 0 unspecified atom stereocenters. The van der Waals surface area contributed by atoms with Gasteiger partial charge in [0.25, 0.3) is 11.5 Å². The van der Waals surface area contributed by atoms with Crippen LogP contribution in [0.1, 0.15) is 16.1 Å². The molecule has 0 spiro atoms. The van der Waals surface area contributed by atoms with Crippen LogP contribution >= 0.6 is 0 Å². The lowest BCUT2D eigenvalue weighted by Gasteiger charge is -2.12. The van der Waals surface area contributed by atoms with Crippen molar-refractivity contribution in [3.63, 3.8) is 0 Å². The lowest BCUT2D eigenvalue weighted by Crippen LogP contribution is -2.29. The zero-order valence-corrected chi connectivity index (χ0v) is 18.4. The van der Waals surface area contributed by atoms with Gasteiger partial charge >= 0.3 is 0 Å². The molecule has 2 heterocycles. The molecule has 0 aliphatic heterocycles. The van der Waals surface area contributed by atoms with Crippen LogP contribution in [0.2, 0.25) is 0 Å². The summed E-state index contributed by atoms with van der Waals surface area (Å²) in [5, 5.41) is 8.11. The van der Waals surface area contributed by atoms with Gasteiger partial charge in [0.15, 0.2) is 5.69 Å². The van der Waals surface area contributed by atoms with Crippen LogP contribution in [0.25, 0.3) is 16.5 Å². The van der Waals surface area contributed by atoms with E-state index in [1.807, 2.05) is 6.07 Å². The van der Waals surface area contributed by atoms with Gasteiger partial charge in [0.05, 0.1) is 11.1 Å². The summed E-state index contributed by atoms with van der Waals surface area (Å²) in [7, 11) is 0. The van der Waals surface area contributed by atoms with Crippen molar-refractivity contribution in [3.8, 4) is 17.3 Å². The normalized spacial score (nSPS) is 10.8. The fraction of sp³-hybridized carbons (Fsp3) is 0.0370. The topological polar surface area (TPSA) is 86.1 Å². The predicted molar refractivity (Wildman–Crippen MR) is 129 cm³/mol. The van der Waals surface area contributed by atoms with Gasteiger partial charge in [0.1, 0.15) is 11.6 Å². The average molecular weight is 466 g/mol. The number of rotatable bonds is 6. The maximum atomic E-state index is 13.2. The quantitative estimate of drug-likeness (QED) is 0.394. The van der Waals surface area contributed by atoms with Gasteiger partial charge in [0, 0.05) is 24.2 Å². The number of benzene rings is 3. The smallest absolute Gasteiger partial charge is 0.279 e. The number of halogens is 1. The van der Waals surface area contributed by atoms with Gasteiger partial charge < -0.3 is 10.1 Å². The van der Waals surface area contributed by atoms with Crippen molar-refractivity contribution in [2.75, 3.05) is 0 Å². The minimum Gasteiger partial charge on any atom is -0.439 e. The summed E-state index contributed by atoms with van der Waals surface area (Å²) in [6.45, 7) is 0.182.